The summed E-state index contributed by atoms with van der Waals surface area (Å²) in [5.41, 5.74) is 3.20. The first-order valence-electron chi connectivity index (χ1n) is 8.75. The zero-order chi connectivity index (χ0) is 18.8. The highest BCUT2D eigenvalue weighted by atomic mass is 19.1. The zero-order valence-electron chi connectivity index (χ0n) is 15.0. The van der Waals surface area contributed by atoms with Crippen molar-refractivity contribution in [3.05, 3.63) is 71.0 Å². The van der Waals surface area contributed by atoms with Crippen molar-refractivity contribution in [3.8, 4) is 0 Å². The van der Waals surface area contributed by atoms with Gasteiger partial charge in [0.25, 0.3) is 0 Å². The molecule has 0 spiro atoms. The van der Waals surface area contributed by atoms with Crippen molar-refractivity contribution in [1.29, 1.82) is 0 Å². The summed E-state index contributed by atoms with van der Waals surface area (Å²) in [6.45, 7) is 2.48. The monoisotopic (exact) mass is 357 g/mol. The van der Waals surface area contributed by atoms with Gasteiger partial charge < -0.3 is 10.1 Å². The molecule has 0 heterocycles. The summed E-state index contributed by atoms with van der Waals surface area (Å²) < 4.78 is 17.9. The number of hydrogen-bond acceptors (Lipinski definition) is 3. The Morgan fingerprint density at radius 1 is 0.923 bits per heavy atom. The van der Waals surface area contributed by atoms with E-state index in [0.29, 0.717) is 25.8 Å². The molecule has 1 N–H and O–H groups in total. The van der Waals surface area contributed by atoms with Crippen molar-refractivity contribution >= 4 is 11.9 Å². The van der Waals surface area contributed by atoms with Crippen LogP contribution in [0.15, 0.2) is 48.5 Å². The minimum Gasteiger partial charge on any atom is -0.464 e. The molecular weight excluding hydrogens is 333 g/mol. The van der Waals surface area contributed by atoms with E-state index in [2.05, 4.69) is 5.32 Å². The molecule has 0 unspecified atom stereocenters. The van der Waals surface area contributed by atoms with E-state index < -0.39 is 0 Å². The third kappa shape index (κ3) is 7.47. The van der Waals surface area contributed by atoms with Crippen LogP contribution < -0.4 is 5.32 Å². The topological polar surface area (TPSA) is 55.4 Å². The number of ether oxygens (including phenoxy) is 1. The molecule has 0 aromatic heterocycles. The highest BCUT2D eigenvalue weighted by molar-refractivity contribution is 5.76. The molecule has 4 nitrogen and oxygen atoms in total. The van der Waals surface area contributed by atoms with Crippen LogP contribution in [0.3, 0.4) is 0 Å². The van der Waals surface area contributed by atoms with E-state index in [0.717, 1.165) is 11.1 Å². The molecule has 1 amide bonds. The van der Waals surface area contributed by atoms with Gasteiger partial charge in [-0.1, -0.05) is 42.0 Å². The summed E-state index contributed by atoms with van der Waals surface area (Å²) in [6.07, 6.45) is 1.82. The standard InChI is InChI=1S/C21H24FNO3/c1-16-2-4-17(5-3-16)8-12-20(24)23-14-15-26-21(25)13-9-18-6-10-19(22)11-7-18/h2-7,10-11H,8-9,12-15H2,1H3,(H,23,24). The lowest BCUT2D eigenvalue weighted by atomic mass is 10.1. The second-order valence-electron chi connectivity index (χ2n) is 6.18. The lowest BCUT2D eigenvalue weighted by molar-refractivity contribution is -0.143. The fourth-order valence-electron chi connectivity index (χ4n) is 2.43. The minimum atomic E-state index is -0.330. The molecule has 0 aliphatic carbocycles. The first-order valence-corrected chi connectivity index (χ1v) is 8.75. The van der Waals surface area contributed by atoms with Crippen LogP contribution in [0.2, 0.25) is 0 Å². The molecule has 2 rings (SSSR count). The van der Waals surface area contributed by atoms with Crippen LogP contribution in [0.25, 0.3) is 0 Å². The van der Waals surface area contributed by atoms with Crippen molar-refractivity contribution in [3.63, 3.8) is 0 Å². The second-order valence-corrected chi connectivity index (χ2v) is 6.18. The summed E-state index contributed by atoms with van der Waals surface area (Å²) >= 11 is 0. The number of nitrogens with one attached hydrogen (secondary N) is 1. The van der Waals surface area contributed by atoms with Gasteiger partial charge in [0.15, 0.2) is 0 Å². The van der Waals surface area contributed by atoms with Crippen LogP contribution in [-0.2, 0) is 27.2 Å². The average Bonchev–Trinajstić information content (AvgIpc) is 2.64. The number of halogens is 1. The van der Waals surface area contributed by atoms with Gasteiger partial charge in [-0.05, 0) is 43.0 Å². The van der Waals surface area contributed by atoms with Gasteiger partial charge in [0.05, 0.1) is 6.54 Å². The van der Waals surface area contributed by atoms with E-state index in [1.54, 1.807) is 12.1 Å². The van der Waals surface area contributed by atoms with Crippen molar-refractivity contribution in [1.82, 2.24) is 5.32 Å². The van der Waals surface area contributed by atoms with E-state index in [4.69, 9.17) is 4.74 Å². The first kappa shape index (κ1) is 19.6. The van der Waals surface area contributed by atoms with Gasteiger partial charge in [0.2, 0.25) is 5.91 Å². The highest BCUT2D eigenvalue weighted by Gasteiger charge is 2.05. The Labute approximate surface area is 153 Å². The van der Waals surface area contributed by atoms with Crippen molar-refractivity contribution in [2.45, 2.75) is 32.6 Å². The Hall–Kier alpha value is -2.69. The number of esters is 1. The summed E-state index contributed by atoms with van der Waals surface area (Å²) in [4.78, 5) is 23.4. The lowest BCUT2D eigenvalue weighted by Crippen LogP contribution is -2.28. The molecule has 0 saturated carbocycles. The maximum atomic E-state index is 12.8. The lowest BCUT2D eigenvalue weighted by Gasteiger charge is -2.07. The molecule has 0 bridgehead atoms. The summed E-state index contributed by atoms with van der Waals surface area (Å²) in [5, 5.41) is 2.74. The predicted molar refractivity (Wildman–Crippen MR) is 98.2 cm³/mol. The third-order valence-corrected chi connectivity index (χ3v) is 3.98. The fourth-order valence-corrected chi connectivity index (χ4v) is 2.43. The maximum Gasteiger partial charge on any atom is 0.306 e. The van der Waals surface area contributed by atoms with Crippen molar-refractivity contribution in [2.24, 2.45) is 0 Å². The van der Waals surface area contributed by atoms with E-state index in [9.17, 15) is 14.0 Å². The number of rotatable bonds is 9. The van der Waals surface area contributed by atoms with Crippen molar-refractivity contribution in [2.75, 3.05) is 13.2 Å². The number of hydrogen-bond donors (Lipinski definition) is 1. The van der Waals surface area contributed by atoms with E-state index in [1.165, 1.54) is 17.7 Å². The number of benzene rings is 2. The van der Waals surface area contributed by atoms with Gasteiger partial charge in [-0.2, -0.15) is 0 Å². The van der Waals surface area contributed by atoms with Gasteiger partial charge in [-0.25, -0.2) is 4.39 Å². The molecule has 5 heteroatoms. The quantitative estimate of drug-likeness (QED) is 0.553. The fraction of sp³-hybridized carbons (Fsp3) is 0.333. The van der Waals surface area contributed by atoms with Gasteiger partial charge in [0.1, 0.15) is 12.4 Å². The van der Waals surface area contributed by atoms with Crippen LogP contribution in [0.4, 0.5) is 4.39 Å². The zero-order valence-corrected chi connectivity index (χ0v) is 15.0. The molecule has 0 aliphatic rings. The maximum absolute atomic E-state index is 12.8. The largest absolute Gasteiger partial charge is 0.464 e. The number of amides is 1. The number of carbonyl (C=O) groups is 2. The predicted octanol–water partition coefficient (Wildman–Crippen LogP) is 3.36. The van der Waals surface area contributed by atoms with Gasteiger partial charge in [-0.15, -0.1) is 0 Å². The Morgan fingerprint density at radius 3 is 2.15 bits per heavy atom. The molecule has 0 atom stereocenters. The van der Waals surface area contributed by atoms with E-state index in [-0.39, 0.29) is 30.7 Å². The van der Waals surface area contributed by atoms with Crippen LogP contribution in [-0.4, -0.2) is 25.0 Å². The molecule has 2 aromatic carbocycles. The molecular formula is C21H24FNO3. The van der Waals surface area contributed by atoms with Crippen LogP contribution >= 0.6 is 0 Å². The smallest absolute Gasteiger partial charge is 0.306 e. The Morgan fingerprint density at radius 2 is 1.50 bits per heavy atom. The molecule has 138 valence electrons. The molecule has 0 saturated heterocycles. The molecule has 0 radical (unpaired) electrons. The third-order valence-electron chi connectivity index (χ3n) is 3.98. The Kier molecular flexibility index (Phi) is 7.80. The van der Waals surface area contributed by atoms with Gasteiger partial charge in [0, 0.05) is 12.8 Å². The second kappa shape index (κ2) is 10.3. The summed E-state index contributed by atoms with van der Waals surface area (Å²) in [6, 6.07) is 14.1. The normalized spacial score (nSPS) is 10.4. The van der Waals surface area contributed by atoms with Crippen LogP contribution in [0.5, 0.6) is 0 Å². The van der Waals surface area contributed by atoms with Crippen molar-refractivity contribution < 1.29 is 18.7 Å². The van der Waals surface area contributed by atoms with E-state index >= 15 is 0 Å². The average molecular weight is 357 g/mol. The van der Waals surface area contributed by atoms with E-state index in [1.807, 2.05) is 31.2 Å². The van der Waals surface area contributed by atoms with Crippen LogP contribution in [0.1, 0.15) is 29.5 Å². The molecule has 2 aromatic rings. The molecule has 0 aliphatic heterocycles. The summed E-state index contributed by atoms with van der Waals surface area (Å²) in [7, 11) is 0. The minimum absolute atomic E-state index is 0.0621. The Balaban J connectivity index is 1.54. The highest BCUT2D eigenvalue weighted by Crippen LogP contribution is 2.07. The van der Waals surface area contributed by atoms with Gasteiger partial charge in [-0.3, -0.25) is 9.59 Å². The SMILES string of the molecule is Cc1ccc(CCC(=O)NCCOC(=O)CCc2ccc(F)cc2)cc1. The van der Waals surface area contributed by atoms with Crippen LogP contribution in [0, 0.1) is 12.7 Å². The Bertz CT molecular complexity index is 648. The molecule has 0 fully saturated rings. The number of carbonyl (C=O) groups excluding carboxylic acids is 2. The summed E-state index contributed by atoms with van der Waals surface area (Å²) in [5.74, 6) is -0.689. The molecule has 26 heavy (non-hydrogen) atoms. The van der Waals surface area contributed by atoms with Gasteiger partial charge >= 0.3 is 5.97 Å². The first-order chi connectivity index (χ1) is 12.5. The number of aryl methyl sites for hydroxylation is 3.